The number of quaternary nitrogens is 1. The number of rotatable bonds is 25. The number of hydrogen-bond acceptors (Lipinski definition) is 10. The molecule has 0 saturated carbocycles. The Balaban J connectivity index is 2.77. The van der Waals surface area contributed by atoms with Gasteiger partial charge in [0.15, 0.2) is 13.5 Å². The lowest BCUT2D eigenvalue weighted by Gasteiger charge is -2.46. The summed E-state index contributed by atoms with van der Waals surface area (Å²) >= 11 is 0. The third kappa shape index (κ3) is 12.3. The van der Waals surface area contributed by atoms with Crippen molar-refractivity contribution in [3.63, 3.8) is 0 Å². The van der Waals surface area contributed by atoms with Gasteiger partial charge in [0, 0.05) is 32.0 Å². The molecular weight excluding hydrogens is 562 g/mol. The monoisotopic (exact) mass is 622 g/mol. The van der Waals surface area contributed by atoms with Crippen molar-refractivity contribution in [3.05, 3.63) is 35.9 Å². The lowest BCUT2D eigenvalue weighted by Crippen LogP contribution is -2.65. The summed E-state index contributed by atoms with van der Waals surface area (Å²) in [7, 11) is 0. The van der Waals surface area contributed by atoms with Crippen molar-refractivity contribution in [2.75, 3.05) is 80.0 Å². The highest BCUT2D eigenvalue weighted by Gasteiger charge is 2.50. The van der Waals surface area contributed by atoms with Gasteiger partial charge in [-0.15, -0.1) is 4.99 Å². The van der Waals surface area contributed by atoms with Gasteiger partial charge in [-0.25, -0.2) is 0 Å². The van der Waals surface area contributed by atoms with E-state index in [1.165, 1.54) is 0 Å². The van der Waals surface area contributed by atoms with Gasteiger partial charge in [-0.05, 0) is 38.5 Å². The molecule has 252 valence electrons. The fraction of sp³-hybridized carbons (Fsp3) is 0.758. The highest BCUT2D eigenvalue weighted by atomic mass is 16.5. The number of nitrogens with zero attached hydrogens (tertiary/aromatic N) is 5. The fourth-order valence-corrected chi connectivity index (χ4v) is 4.66. The molecule has 0 bridgehead atoms. The highest BCUT2D eigenvalue weighted by Crippen LogP contribution is 2.36. The molecule has 1 unspecified atom stereocenters. The van der Waals surface area contributed by atoms with E-state index in [0.717, 1.165) is 50.0 Å². The maximum atomic E-state index is 6.37. The Morgan fingerprint density at radius 2 is 0.977 bits per heavy atom. The summed E-state index contributed by atoms with van der Waals surface area (Å²) in [5.41, 5.74) is 1.03. The van der Waals surface area contributed by atoms with Crippen LogP contribution in [-0.4, -0.2) is 106 Å². The number of hydrogen-bond donors (Lipinski definition) is 0. The average Bonchev–Trinajstić information content (AvgIpc) is 3.04. The molecule has 1 aliphatic rings. The van der Waals surface area contributed by atoms with Crippen LogP contribution in [0.3, 0.4) is 0 Å². The Morgan fingerprint density at radius 3 is 1.41 bits per heavy atom. The van der Waals surface area contributed by atoms with Gasteiger partial charge in [0.1, 0.15) is 26.9 Å². The minimum atomic E-state index is -0.410. The molecule has 44 heavy (non-hydrogen) atoms. The Labute approximate surface area is 266 Å². The fourth-order valence-electron chi connectivity index (χ4n) is 4.66. The third-order valence-corrected chi connectivity index (χ3v) is 6.69. The Morgan fingerprint density at radius 1 is 0.568 bits per heavy atom. The average molecular weight is 623 g/mol. The zero-order valence-corrected chi connectivity index (χ0v) is 28.4. The van der Waals surface area contributed by atoms with Gasteiger partial charge >= 0.3 is 5.96 Å². The summed E-state index contributed by atoms with van der Waals surface area (Å²) in [5.74, 6) is 1.26. The molecule has 1 aromatic carbocycles. The zero-order chi connectivity index (χ0) is 31.9. The number of aliphatic imine (C=N–C) groups is 2. The molecule has 11 nitrogen and oxygen atoms in total. The first kappa shape index (κ1) is 38.1. The van der Waals surface area contributed by atoms with Crippen molar-refractivity contribution in [1.29, 1.82) is 0 Å². The van der Waals surface area contributed by atoms with Crippen LogP contribution in [0.5, 0.6) is 0 Å². The number of ether oxygens (including phenoxy) is 6. The first-order valence-electron chi connectivity index (χ1n) is 16.7. The van der Waals surface area contributed by atoms with Gasteiger partial charge in [-0.3, -0.25) is 9.80 Å². The smallest absolute Gasteiger partial charge is 0.317 e. The van der Waals surface area contributed by atoms with Gasteiger partial charge < -0.3 is 28.4 Å². The molecule has 0 N–H and O–H groups in total. The Bertz CT molecular complexity index is 889. The number of benzene rings is 1. The maximum Gasteiger partial charge on any atom is 0.317 e. The highest BCUT2D eigenvalue weighted by molar-refractivity contribution is 5.93. The van der Waals surface area contributed by atoms with Crippen molar-refractivity contribution >= 4 is 11.9 Å². The Kier molecular flexibility index (Phi) is 20.1. The molecule has 0 aliphatic carbocycles. The molecule has 1 atom stereocenters. The van der Waals surface area contributed by atoms with Gasteiger partial charge in [0.25, 0.3) is 0 Å². The summed E-state index contributed by atoms with van der Waals surface area (Å²) in [6.45, 7) is 18.3. The van der Waals surface area contributed by atoms with Crippen LogP contribution < -0.4 is 0 Å². The van der Waals surface area contributed by atoms with Crippen LogP contribution >= 0.6 is 0 Å². The van der Waals surface area contributed by atoms with Crippen molar-refractivity contribution in [3.8, 4) is 0 Å². The summed E-state index contributed by atoms with van der Waals surface area (Å²) in [5, 5.41) is 0. The largest absolute Gasteiger partial charge is 0.361 e. The molecule has 0 radical (unpaired) electrons. The lowest BCUT2D eigenvalue weighted by atomic mass is 10.1. The minimum absolute atomic E-state index is 0.206. The van der Waals surface area contributed by atoms with E-state index in [2.05, 4.69) is 58.6 Å². The van der Waals surface area contributed by atoms with E-state index in [1.807, 2.05) is 23.1 Å². The predicted octanol–water partition coefficient (Wildman–Crippen LogP) is 6.14. The van der Waals surface area contributed by atoms with Gasteiger partial charge in [0.05, 0.1) is 13.2 Å². The molecule has 1 heterocycles. The summed E-state index contributed by atoms with van der Waals surface area (Å²) < 4.78 is 37.2. The first-order chi connectivity index (χ1) is 21.6. The molecule has 0 saturated heterocycles. The second-order valence-corrected chi connectivity index (χ2v) is 11.0. The molecule has 0 amide bonds. The van der Waals surface area contributed by atoms with Gasteiger partial charge in [-0.2, -0.15) is 9.48 Å². The van der Waals surface area contributed by atoms with Crippen molar-refractivity contribution in [2.45, 2.75) is 86.2 Å². The molecule has 1 aliphatic heterocycles. The topological polar surface area (TPSA) is 86.6 Å². The molecule has 11 heteroatoms. The van der Waals surface area contributed by atoms with Crippen LogP contribution in [0.2, 0.25) is 0 Å². The maximum absolute atomic E-state index is 6.37. The minimum Gasteiger partial charge on any atom is -0.361 e. The lowest BCUT2D eigenvalue weighted by molar-refractivity contribution is -0.916. The van der Waals surface area contributed by atoms with Crippen LogP contribution in [0, 0.1) is 0 Å². The van der Waals surface area contributed by atoms with Crippen LogP contribution in [-0.2, 0) is 28.4 Å². The standard InChI is InChI=1S/C33H60N5O6/c1-7-18-39-24-36(25-40-19-8-2)32-34-31(30-16-14-13-15-17-30)38(28-43-22-11-5,29-44-23-12-6)33(35-32)37(26-41-20-9-3)27-42-21-10-4/h13-17,31H,7-12,18-29H2,1-6H3/q+1. The predicted molar refractivity (Wildman–Crippen MR) is 175 cm³/mol. The van der Waals surface area contributed by atoms with E-state index >= 15 is 0 Å². The molecular formula is C33H60N5O6+. The van der Waals surface area contributed by atoms with Gasteiger partial charge in [0.2, 0.25) is 12.1 Å². The van der Waals surface area contributed by atoms with Crippen LogP contribution in [0.1, 0.15) is 91.8 Å². The van der Waals surface area contributed by atoms with E-state index in [9.17, 15) is 0 Å². The normalized spacial score (nSPS) is 16.1. The quantitative estimate of drug-likeness (QED) is 0.0731. The van der Waals surface area contributed by atoms with Crippen molar-refractivity contribution in [2.24, 2.45) is 9.98 Å². The van der Waals surface area contributed by atoms with Gasteiger partial charge in [-0.1, -0.05) is 71.9 Å². The van der Waals surface area contributed by atoms with Crippen LogP contribution in [0.15, 0.2) is 40.3 Å². The van der Waals surface area contributed by atoms with E-state index < -0.39 is 6.17 Å². The number of guanidine groups is 2. The molecule has 1 aromatic rings. The summed E-state index contributed by atoms with van der Waals surface area (Å²) in [4.78, 5) is 14.7. The third-order valence-electron chi connectivity index (χ3n) is 6.69. The van der Waals surface area contributed by atoms with Crippen molar-refractivity contribution < 1.29 is 32.9 Å². The second-order valence-electron chi connectivity index (χ2n) is 11.0. The Hall–Kier alpha value is -2.12. The van der Waals surface area contributed by atoms with Crippen LogP contribution in [0.25, 0.3) is 0 Å². The second kappa shape index (κ2) is 23.3. The summed E-state index contributed by atoms with van der Waals surface area (Å²) in [6, 6.07) is 10.3. The van der Waals surface area contributed by atoms with E-state index in [-0.39, 0.29) is 4.48 Å². The molecule has 0 spiro atoms. The van der Waals surface area contributed by atoms with E-state index in [4.69, 9.17) is 38.4 Å². The molecule has 0 aromatic heterocycles. The first-order valence-corrected chi connectivity index (χ1v) is 16.7. The zero-order valence-electron chi connectivity index (χ0n) is 28.4. The van der Waals surface area contributed by atoms with E-state index in [1.54, 1.807) is 0 Å². The summed E-state index contributed by atoms with van der Waals surface area (Å²) in [6.07, 6.45) is 5.03. The SMILES string of the molecule is CCCOCN(COCCC)C1=NC(c2ccccc2)[N+](COCCC)(COCCC)C(N(COCCC)COCCC)=N1. The van der Waals surface area contributed by atoms with Crippen molar-refractivity contribution in [1.82, 2.24) is 9.80 Å². The van der Waals surface area contributed by atoms with Crippen LogP contribution in [0.4, 0.5) is 0 Å². The molecule has 2 rings (SSSR count). The van der Waals surface area contributed by atoms with E-state index in [0.29, 0.717) is 86.0 Å². The molecule has 0 fully saturated rings.